The Kier molecular flexibility index (Phi) is 5.44. The molecule has 12 heteroatoms. The third-order valence-corrected chi connectivity index (χ3v) is 6.30. The van der Waals surface area contributed by atoms with Crippen LogP contribution in [0.5, 0.6) is 0 Å². The molecule has 0 rings (SSSR count). The van der Waals surface area contributed by atoms with Crippen molar-refractivity contribution in [2.24, 2.45) is 0 Å². The van der Waals surface area contributed by atoms with Crippen LogP contribution in [0.1, 0.15) is 6.92 Å². The summed E-state index contributed by atoms with van der Waals surface area (Å²) in [5.41, 5.74) is 2.99. The lowest BCUT2D eigenvalue weighted by atomic mass is 10.7. The van der Waals surface area contributed by atoms with Crippen LogP contribution >= 0.6 is 0 Å². The first kappa shape index (κ1) is 17.8. The Labute approximate surface area is 108 Å². The highest BCUT2D eigenvalue weighted by Crippen LogP contribution is 2.27. The molecule has 0 saturated heterocycles. The van der Waals surface area contributed by atoms with E-state index in [4.69, 9.17) is 5.53 Å². The third kappa shape index (κ3) is 4.42. The zero-order chi connectivity index (χ0) is 15.5. The molecule has 0 aliphatic carbocycles. The topological polar surface area (TPSA) is 106 Å². The molecule has 0 spiro atoms. The Hall–Kier alpha value is -1.23. The number of carbonyl (C=O) groups is 1. The number of halogens is 3. The van der Waals surface area contributed by atoms with Gasteiger partial charge in [-0.05, 0) is 20.0 Å². The maximum atomic E-state index is 12.2. The average Bonchev–Trinajstić information content (AvgIpc) is 2.14. The number of rotatable bonds is 5. The Morgan fingerprint density at radius 2 is 1.84 bits per heavy atom. The SMILES string of the molecule is CCOC(=O)C(=[N+]=[N-])[Si](C)(C)OS(=O)(=O)C(F)(F)F. The van der Waals surface area contributed by atoms with Gasteiger partial charge >= 0.3 is 35.2 Å². The molecule has 0 amide bonds. The summed E-state index contributed by atoms with van der Waals surface area (Å²) >= 11 is 0. The second-order valence-corrected chi connectivity index (χ2v) is 9.19. The molecule has 19 heavy (non-hydrogen) atoms. The van der Waals surface area contributed by atoms with E-state index >= 15 is 0 Å². The van der Waals surface area contributed by atoms with E-state index in [0.717, 1.165) is 13.1 Å². The van der Waals surface area contributed by atoms with Crippen molar-refractivity contribution < 1.29 is 39.8 Å². The highest BCUT2D eigenvalue weighted by molar-refractivity contribution is 7.88. The van der Waals surface area contributed by atoms with Gasteiger partial charge in [0.15, 0.2) is 0 Å². The summed E-state index contributed by atoms with van der Waals surface area (Å²) in [5, 5.41) is -0.873. The van der Waals surface area contributed by atoms with Crippen LogP contribution in [0.25, 0.3) is 5.53 Å². The fourth-order valence-electron chi connectivity index (χ4n) is 0.967. The van der Waals surface area contributed by atoms with E-state index in [-0.39, 0.29) is 6.61 Å². The minimum Gasteiger partial charge on any atom is -0.458 e. The average molecular weight is 320 g/mol. The molecule has 0 saturated carbocycles. The van der Waals surface area contributed by atoms with Gasteiger partial charge in [-0.3, -0.25) is 3.87 Å². The fraction of sp³-hybridized carbons (Fsp3) is 0.714. The largest absolute Gasteiger partial charge is 0.522 e. The number of alkyl halides is 3. The summed E-state index contributed by atoms with van der Waals surface area (Å²) in [7, 11) is -9.86. The first-order valence-corrected chi connectivity index (χ1v) is 9.12. The van der Waals surface area contributed by atoms with Crippen LogP contribution < -0.4 is 0 Å². The molecule has 0 aromatic heterocycles. The molecule has 0 fully saturated rings. The summed E-state index contributed by atoms with van der Waals surface area (Å²) in [6.45, 7) is 3.17. The Balaban J connectivity index is 5.41. The molecule has 0 aromatic carbocycles. The van der Waals surface area contributed by atoms with Crippen molar-refractivity contribution in [1.82, 2.24) is 0 Å². The smallest absolute Gasteiger partial charge is 0.458 e. The van der Waals surface area contributed by atoms with Crippen molar-refractivity contribution in [2.75, 3.05) is 6.61 Å². The number of carbonyl (C=O) groups excluding carboxylic acids is 1. The number of hydrogen-bond donors (Lipinski definition) is 0. The number of ether oxygens (including phenoxy) is 1. The van der Waals surface area contributed by atoms with E-state index in [2.05, 4.69) is 13.4 Å². The van der Waals surface area contributed by atoms with Crippen molar-refractivity contribution in [3.63, 3.8) is 0 Å². The van der Waals surface area contributed by atoms with Gasteiger partial charge in [-0.25, -0.2) is 4.79 Å². The normalized spacial score (nSPS) is 12.7. The predicted octanol–water partition coefficient (Wildman–Crippen LogP) is 0.831. The third-order valence-electron chi connectivity index (χ3n) is 1.74. The summed E-state index contributed by atoms with van der Waals surface area (Å²) in [6, 6.07) is 0. The van der Waals surface area contributed by atoms with Gasteiger partial charge in [0.05, 0.1) is 6.61 Å². The maximum Gasteiger partial charge on any atom is 0.522 e. The summed E-state index contributed by atoms with van der Waals surface area (Å²) in [4.78, 5) is 13.8. The first-order chi connectivity index (χ1) is 8.39. The quantitative estimate of drug-likeness (QED) is 0.186. The van der Waals surface area contributed by atoms with E-state index in [0.29, 0.717) is 0 Å². The maximum absolute atomic E-state index is 12.2. The number of nitrogens with zero attached hydrogens (tertiary/aromatic N) is 2. The van der Waals surface area contributed by atoms with Crippen molar-refractivity contribution in [3.8, 4) is 0 Å². The molecule has 0 unspecified atom stereocenters. The van der Waals surface area contributed by atoms with Gasteiger partial charge in [0.25, 0.3) is 0 Å². The summed E-state index contributed by atoms with van der Waals surface area (Å²) in [5.74, 6) is -1.24. The van der Waals surface area contributed by atoms with Crippen LogP contribution in [-0.2, 0) is 23.5 Å². The molecule has 7 nitrogen and oxygen atoms in total. The Morgan fingerprint density at radius 1 is 1.37 bits per heavy atom. The molecule has 0 N–H and O–H groups in total. The Bertz CT molecular complexity index is 509. The minimum absolute atomic E-state index is 0.131. The number of hydrogen-bond acceptors (Lipinski definition) is 5. The molecule has 0 heterocycles. The van der Waals surface area contributed by atoms with Crippen LogP contribution in [0.4, 0.5) is 13.2 Å². The summed E-state index contributed by atoms with van der Waals surface area (Å²) < 4.78 is 66.7. The number of esters is 1. The van der Waals surface area contributed by atoms with E-state index in [9.17, 15) is 26.4 Å². The molecular formula is C7H11F3N2O5SSi. The lowest BCUT2D eigenvalue weighted by Crippen LogP contribution is -2.50. The van der Waals surface area contributed by atoms with Gasteiger partial charge in [0.2, 0.25) is 0 Å². The van der Waals surface area contributed by atoms with Gasteiger partial charge < -0.3 is 10.3 Å². The zero-order valence-corrected chi connectivity index (χ0v) is 12.0. The van der Waals surface area contributed by atoms with Gasteiger partial charge in [-0.1, -0.05) is 0 Å². The van der Waals surface area contributed by atoms with Crippen LogP contribution in [-0.4, -0.2) is 44.9 Å². The van der Waals surface area contributed by atoms with Gasteiger partial charge in [0, 0.05) is 0 Å². The molecule has 0 radical (unpaired) electrons. The van der Waals surface area contributed by atoms with E-state index in [1.54, 1.807) is 0 Å². The molecule has 0 aliphatic rings. The van der Waals surface area contributed by atoms with Crippen molar-refractivity contribution in [2.45, 2.75) is 25.5 Å². The fourth-order valence-corrected chi connectivity index (χ4v) is 4.66. The molecular weight excluding hydrogens is 309 g/mol. The molecule has 0 aromatic rings. The molecule has 0 bridgehead atoms. The lowest BCUT2D eigenvalue weighted by molar-refractivity contribution is -0.139. The van der Waals surface area contributed by atoms with Crippen LogP contribution in [0.15, 0.2) is 0 Å². The van der Waals surface area contributed by atoms with Gasteiger partial charge in [-0.15, -0.1) is 0 Å². The predicted molar refractivity (Wildman–Crippen MR) is 58.8 cm³/mol. The van der Waals surface area contributed by atoms with E-state index in [1.165, 1.54) is 6.92 Å². The molecule has 0 atom stereocenters. The van der Waals surface area contributed by atoms with Crippen molar-refractivity contribution in [1.29, 1.82) is 0 Å². The molecule has 0 aliphatic heterocycles. The highest BCUT2D eigenvalue weighted by Gasteiger charge is 2.56. The second-order valence-electron chi connectivity index (χ2n) is 3.66. The Morgan fingerprint density at radius 3 is 2.16 bits per heavy atom. The van der Waals surface area contributed by atoms with E-state index in [1.807, 2.05) is 0 Å². The minimum atomic E-state index is -5.90. The second kappa shape index (κ2) is 5.82. The van der Waals surface area contributed by atoms with Gasteiger partial charge in [-0.2, -0.15) is 26.4 Å². The first-order valence-electron chi connectivity index (χ1n) is 4.80. The van der Waals surface area contributed by atoms with Crippen molar-refractivity contribution >= 4 is 29.7 Å². The molecule has 110 valence electrons. The lowest BCUT2D eigenvalue weighted by Gasteiger charge is -2.17. The zero-order valence-electron chi connectivity index (χ0n) is 10.2. The van der Waals surface area contributed by atoms with Crippen molar-refractivity contribution in [3.05, 3.63) is 5.53 Å². The van der Waals surface area contributed by atoms with Crippen LogP contribution in [0.2, 0.25) is 13.1 Å². The monoisotopic (exact) mass is 320 g/mol. The standard InChI is InChI=1S/C7H11F3N2O5SSi/c1-4-16-6(13)5(12-11)19(2,3)17-18(14,15)7(8,9)10/h4H2,1-3H3. The van der Waals surface area contributed by atoms with Crippen LogP contribution in [0.3, 0.4) is 0 Å². The van der Waals surface area contributed by atoms with E-state index < -0.39 is 35.2 Å². The van der Waals surface area contributed by atoms with Gasteiger partial charge in [0.1, 0.15) is 0 Å². The van der Waals surface area contributed by atoms with Crippen LogP contribution in [0, 0.1) is 0 Å². The highest BCUT2D eigenvalue weighted by atomic mass is 32.2. The summed E-state index contributed by atoms with van der Waals surface area (Å²) in [6.07, 6.45) is 0.